The van der Waals surface area contributed by atoms with Crippen LogP contribution in [-0.4, -0.2) is 18.2 Å². The lowest BCUT2D eigenvalue weighted by atomic mass is 9.91. The third kappa shape index (κ3) is 4.76. The van der Waals surface area contributed by atoms with Crippen LogP contribution < -0.4 is 5.32 Å². The molecule has 0 heterocycles. The summed E-state index contributed by atoms with van der Waals surface area (Å²) in [6.07, 6.45) is 2.02. The van der Waals surface area contributed by atoms with Gasteiger partial charge in [-0.1, -0.05) is 48.9 Å². The molecule has 2 N–H and O–H groups in total. The summed E-state index contributed by atoms with van der Waals surface area (Å²) in [4.78, 5) is 0. The molecule has 2 rings (SSSR count). The van der Waals surface area contributed by atoms with E-state index in [1.807, 2.05) is 30.3 Å². The van der Waals surface area contributed by atoms with Gasteiger partial charge in [0.15, 0.2) is 0 Å². The molecule has 21 heavy (non-hydrogen) atoms. The highest BCUT2D eigenvalue weighted by molar-refractivity contribution is 6.31. The van der Waals surface area contributed by atoms with E-state index in [9.17, 15) is 5.11 Å². The van der Waals surface area contributed by atoms with Crippen molar-refractivity contribution in [1.29, 1.82) is 0 Å². The molecule has 0 saturated heterocycles. The molecule has 2 nitrogen and oxygen atoms in total. The first-order valence-corrected chi connectivity index (χ1v) is 7.81. The summed E-state index contributed by atoms with van der Waals surface area (Å²) < 4.78 is 0. The molecule has 0 aliphatic carbocycles. The molecule has 2 aromatic rings. The first-order valence-electron chi connectivity index (χ1n) is 7.43. The molecule has 1 unspecified atom stereocenters. The molecule has 0 aromatic heterocycles. The molecule has 0 spiro atoms. The average molecular weight is 304 g/mol. The largest absolute Gasteiger partial charge is 0.508 e. The molecular formula is C18H22ClNO. The minimum absolute atomic E-state index is 0.303. The van der Waals surface area contributed by atoms with Gasteiger partial charge >= 0.3 is 0 Å². The van der Waals surface area contributed by atoms with Gasteiger partial charge in [-0.25, -0.2) is 0 Å². The minimum Gasteiger partial charge on any atom is -0.508 e. The van der Waals surface area contributed by atoms with Crippen LogP contribution >= 0.6 is 11.6 Å². The van der Waals surface area contributed by atoms with Crippen LogP contribution in [0.4, 0.5) is 0 Å². The summed E-state index contributed by atoms with van der Waals surface area (Å²) in [6, 6.07) is 15.4. The van der Waals surface area contributed by atoms with Crippen molar-refractivity contribution in [1.82, 2.24) is 5.32 Å². The molecule has 0 aliphatic heterocycles. The fraction of sp³-hybridized carbons (Fsp3) is 0.333. The minimum atomic E-state index is 0.303. The van der Waals surface area contributed by atoms with Gasteiger partial charge < -0.3 is 10.4 Å². The van der Waals surface area contributed by atoms with E-state index < -0.39 is 0 Å². The van der Waals surface area contributed by atoms with Gasteiger partial charge in [0.1, 0.15) is 5.75 Å². The summed E-state index contributed by atoms with van der Waals surface area (Å²) in [7, 11) is 0. The van der Waals surface area contributed by atoms with E-state index in [0.29, 0.717) is 11.7 Å². The van der Waals surface area contributed by atoms with Crippen molar-refractivity contribution in [3.8, 4) is 5.75 Å². The Balaban J connectivity index is 2.15. The molecule has 0 radical (unpaired) electrons. The highest BCUT2D eigenvalue weighted by atomic mass is 35.5. The third-order valence-corrected chi connectivity index (χ3v) is 3.93. The van der Waals surface area contributed by atoms with Gasteiger partial charge in [0.05, 0.1) is 0 Å². The lowest BCUT2D eigenvalue weighted by molar-refractivity contribution is 0.475. The summed E-state index contributed by atoms with van der Waals surface area (Å²) in [6.45, 7) is 4.08. The molecular weight excluding hydrogens is 282 g/mol. The maximum absolute atomic E-state index is 9.39. The first-order chi connectivity index (χ1) is 10.2. The Morgan fingerprint density at radius 2 is 1.81 bits per heavy atom. The van der Waals surface area contributed by atoms with E-state index in [1.54, 1.807) is 12.1 Å². The zero-order valence-electron chi connectivity index (χ0n) is 12.3. The molecule has 2 aromatic carbocycles. The monoisotopic (exact) mass is 303 g/mol. The number of benzene rings is 2. The van der Waals surface area contributed by atoms with E-state index in [1.165, 1.54) is 11.1 Å². The molecule has 0 amide bonds. The molecule has 1 atom stereocenters. The number of phenolic OH excluding ortho intramolecular Hbond substituents is 1. The van der Waals surface area contributed by atoms with Crippen molar-refractivity contribution in [2.75, 3.05) is 13.1 Å². The SMILES string of the molecule is CCCNCC(Cc1ccc(O)cc1)c1ccccc1Cl. The van der Waals surface area contributed by atoms with Gasteiger partial charge in [0.2, 0.25) is 0 Å². The Morgan fingerprint density at radius 3 is 2.48 bits per heavy atom. The van der Waals surface area contributed by atoms with E-state index in [0.717, 1.165) is 31.0 Å². The van der Waals surface area contributed by atoms with Crippen LogP contribution in [0.1, 0.15) is 30.4 Å². The zero-order chi connectivity index (χ0) is 15.1. The van der Waals surface area contributed by atoms with Gasteiger partial charge in [0.25, 0.3) is 0 Å². The quantitative estimate of drug-likeness (QED) is 0.744. The van der Waals surface area contributed by atoms with Crippen LogP contribution in [0, 0.1) is 0 Å². The standard InChI is InChI=1S/C18H22ClNO/c1-2-11-20-13-15(17-5-3-4-6-18(17)19)12-14-7-9-16(21)10-8-14/h3-10,15,20-21H,2,11-13H2,1H3. The first kappa shape index (κ1) is 15.9. The highest BCUT2D eigenvalue weighted by Crippen LogP contribution is 2.27. The van der Waals surface area contributed by atoms with Crippen molar-refractivity contribution in [3.63, 3.8) is 0 Å². The molecule has 0 saturated carbocycles. The van der Waals surface area contributed by atoms with E-state index in [4.69, 9.17) is 11.6 Å². The molecule has 0 aliphatic rings. The predicted molar refractivity (Wildman–Crippen MR) is 89.2 cm³/mol. The molecule has 0 fully saturated rings. The summed E-state index contributed by atoms with van der Waals surface area (Å²) in [5, 5.41) is 13.7. The van der Waals surface area contributed by atoms with Crippen LogP contribution in [0.15, 0.2) is 48.5 Å². The average Bonchev–Trinajstić information content (AvgIpc) is 2.49. The second-order valence-electron chi connectivity index (χ2n) is 5.29. The third-order valence-electron chi connectivity index (χ3n) is 3.58. The Bertz CT molecular complexity index is 553. The Hall–Kier alpha value is -1.51. The highest BCUT2D eigenvalue weighted by Gasteiger charge is 2.15. The molecule has 112 valence electrons. The van der Waals surface area contributed by atoms with Crippen LogP contribution in [0.25, 0.3) is 0 Å². The fourth-order valence-electron chi connectivity index (χ4n) is 2.47. The smallest absolute Gasteiger partial charge is 0.115 e. The molecule has 3 heteroatoms. The summed E-state index contributed by atoms with van der Waals surface area (Å²) in [5.41, 5.74) is 2.38. The van der Waals surface area contributed by atoms with Crippen LogP contribution in [0.5, 0.6) is 5.75 Å². The van der Waals surface area contributed by atoms with Gasteiger partial charge in [-0.15, -0.1) is 0 Å². The van der Waals surface area contributed by atoms with Crippen molar-refractivity contribution in [2.45, 2.75) is 25.7 Å². The van der Waals surface area contributed by atoms with Crippen molar-refractivity contribution in [2.24, 2.45) is 0 Å². The Morgan fingerprint density at radius 1 is 1.10 bits per heavy atom. The number of rotatable bonds is 7. The Labute approximate surface area is 131 Å². The van der Waals surface area contributed by atoms with E-state index in [-0.39, 0.29) is 0 Å². The maximum Gasteiger partial charge on any atom is 0.115 e. The van der Waals surface area contributed by atoms with Gasteiger partial charge in [0, 0.05) is 17.5 Å². The van der Waals surface area contributed by atoms with Crippen LogP contribution in [0.3, 0.4) is 0 Å². The van der Waals surface area contributed by atoms with Crippen molar-refractivity contribution in [3.05, 3.63) is 64.7 Å². The lowest BCUT2D eigenvalue weighted by Gasteiger charge is -2.19. The second-order valence-corrected chi connectivity index (χ2v) is 5.70. The number of phenols is 1. The number of hydrogen-bond acceptors (Lipinski definition) is 2. The summed E-state index contributed by atoms with van der Waals surface area (Å²) in [5.74, 6) is 0.631. The molecule has 0 bridgehead atoms. The fourth-order valence-corrected chi connectivity index (χ4v) is 2.76. The van der Waals surface area contributed by atoms with E-state index in [2.05, 4.69) is 18.3 Å². The normalized spacial score (nSPS) is 12.3. The second kappa shape index (κ2) is 8.06. The maximum atomic E-state index is 9.39. The van der Waals surface area contributed by atoms with Crippen LogP contribution in [-0.2, 0) is 6.42 Å². The van der Waals surface area contributed by atoms with E-state index >= 15 is 0 Å². The number of nitrogens with one attached hydrogen (secondary N) is 1. The van der Waals surface area contributed by atoms with Gasteiger partial charge in [-0.05, 0) is 48.7 Å². The number of halogens is 1. The van der Waals surface area contributed by atoms with Crippen molar-refractivity contribution < 1.29 is 5.11 Å². The Kier molecular flexibility index (Phi) is 6.09. The predicted octanol–water partition coefficient (Wildman–Crippen LogP) is 4.37. The van der Waals surface area contributed by atoms with Gasteiger partial charge in [-0.3, -0.25) is 0 Å². The zero-order valence-corrected chi connectivity index (χ0v) is 13.1. The van der Waals surface area contributed by atoms with Crippen molar-refractivity contribution >= 4 is 11.6 Å². The number of aromatic hydroxyl groups is 1. The number of hydrogen-bond donors (Lipinski definition) is 2. The topological polar surface area (TPSA) is 32.3 Å². The summed E-state index contributed by atoms with van der Waals surface area (Å²) >= 11 is 6.36. The van der Waals surface area contributed by atoms with Crippen LogP contribution in [0.2, 0.25) is 5.02 Å². The lowest BCUT2D eigenvalue weighted by Crippen LogP contribution is -2.24. The van der Waals surface area contributed by atoms with Gasteiger partial charge in [-0.2, -0.15) is 0 Å².